The van der Waals surface area contributed by atoms with E-state index < -0.39 is 0 Å². The van der Waals surface area contributed by atoms with E-state index in [1.54, 1.807) is 0 Å². The van der Waals surface area contributed by atoms with Crippen molar-refractivity contribution in [2.45, 2.75) is 52.4 Å². The Labute approximate surface area is 112 Å². The molecule has 108 valence electrons. The fourth-order valence-corrected chi connectivity index (χ4v) is 2.35. The van der Waals surface area contributed by atoms with E-state index in [-0.39, 0.29) is 12.2 Å². The quantitative estimate of drug-likeness (QED) is 0.715. The number of hydrogen-bond acceptors (Lipinski definition) is 4. The maximum absolute atomic E-state index is 5.92. The maximum atomic E-state index is 5.92. The van der Waals surface area contributed by atoms with E-state index in [1.807, 2.05) is 0 Å². The van der Waals surface area contributed by atoms with E-state index in [0.29, 0.717) is 6.04 Å². The summed E-state index contributed by atoms with van der Waals surface area (Å²) < 4.78 is 11.7. The van der Waals surface area contributed by atoms with Crippen molar-refractivity contribution in [1.29, 1.82) is 0 Å². The average Bonchev–Trinajstić information content (AvgIpc) is 2.35. The van der Waals surface area contributed by atoms with Crippen LogP contribution in [0, 0.1) is 0 Å². The fraction of sp³-hybridized carbons (Fsp3) is 1.00. The van der Waals surface area contributed by atoms with E-state index in [2.05, 4.69) is 37.9 Å². The first-order chi connectivity index (χ1) is 8.67. The van der Waals surface area contributed by atoms with Gasteiger partial charge in [-0.15, -0.1) is 0 Å². The highest BCUT2D eigenvalue weighted by Crippen LogP contribution is 2.10. The van der Waals surface area contributed by atoms with Gasteiger partial charge in [0.25, 0.3) is 0 Å². The molecule has 1 aliphatic rings. The minimum atomic E-state index is 0.254. The summed E-state index contributed by atoms with van der Waals surface area (Å²) in [4.78, 5) is 2.49. The molecule has 1 aliphatic heterocycles. The molecule has 0 aromatic heterocycles. The second-order valence-electron chi connectivity index (χ2n) is 5.26. The van der Waals surface area contributed by atoms with Gasteiger partial charge in [-0.25, -0.2) is 0 Å². The van der Waals surface area contributed by atoms with E-state index in [0.717, 1.165) is 32.8 Å². The second kappa shape index (κ2) is 8.86. The molecule has 2 atom stereocenters. The molecule has 1 heterocycles. The number of morpholine rings is 1. The van der Waals surface area contributed by atoms with Crippen LogP contribution < -0.4 is 5.32 Å². The number of nitrogens with zero attached hydrogens (tertiary/aromatic N) is 1. The van der Waals surface area contributed by atoms with Crippen molar-refractivity contribution in [3.8, 4) is 0 Å². The lowest BCUT2D eigenvalue weighted by atomic mass is 10.1. The van der Waals surface area contributed by atoms with Crippen molar-refractivity contribution in [3.05, 3.63) is 0 Å². The maximum Gasteiger partial charge on any atom is 0.0877 e. The first kappa shape index (κ1) is 15.9. The Morgan fingerprint density at radius 3 is 2.78 bits per heavy atom. The molecule has 1 fully saturated rings. The highest BCUT2D eigenvalue weighted by molar-refractivity contribution is 4.83. The average molecular weight is 258 g/mol. The first-order valence-corrected chi connectivity index (χ1v) is 7.36. The van der Waals surface area contributed by atoms with Gasteiger partial charge in [0.1, 0.15) is 0 Å². The van der Waals surface area contributed by atoms with Crippen molar-refractivity contribution < 1.29 is 9.47 Å². The Morgan fingerprint density at radius 2 is 2.17 bits per heavy atom. The lowest BCUT2D eigenvalue weighted by Gasteiger charge is -2.37. The zero-order valence-corrected chi connectivity index (χ0v) is 12.4. The van der Waals surface area contributed by atoms with Crippen molar-refractivity contribution in [1.82, 2.24) is 10.2 Å². The largest absolute Gasteiger partial charge is 0.377 e. The van der Waals surface area contributed by atoms with Crippen molar-refractivity contribution in [2.75, 3.05) is 39.4 Å². The molecule has 1 N–H and O–H groups in total. The number of nitrogens with one attached hydrogen (secondary N) is 1. The Balaban J connectivity index is 2.44. The molecule has 18 heavy (non-hydrogen) atoms. The summed E-state index contributed by atoms with van der Waals surface area (Å²) >= 11 is 0. The van der Waals surface area contributed by atoms with Crippen molar-refractivity contribution in [2.24, 2.45) is 0 Å². The normalized spacial score (nSPS) is 23.5. The Hall–Kier alpha value is -0.160. The Bertz CT molecular complexity index is 210. The third kappa shape index (κ3) is 5.65. The Kier molecular flexibility index (Phi) is 7.82. The number of ether oxygens (including phenoxy) is 2. The topological polar surface area (TPSA) is 33.7 Å². The fourth-order valence-electron chi connectivity index (χ4n) is 2.35. The molecule has 0 bridgehead atoms. The van der Waals surface area contributed by atoms with Crippen LogP contribution in [0.3, 0.4) is 0 Å². The van der Waals surface area contributed by atoms with Crippen LogP contribution in [-0.4, -0.2) is 62.5 Å². The summed E-state index contributed by atoms with van der Waals surface area (Å²) in [5, 5.41) is 3.49. The molecule has 0 aromatic rings. The summed E-state index contributed by atoms with van der Waals surface area (Å²) in [6, 6.07) is 0.303. The summed E-state index contributed by atoms with van der Waals surface area (Å²) in [6.07, 6.45) is 1.74. The molecule has 0 radical (unpaired) electrons. The molecule has 0 aromatic carbocycles. The monoisotopic (exact) mass is 258 g/mol. The highest BCUT2D eigenvalue weighted by Gasteiger charge is 2.27. The second-order valence-corrected chi connectivity index (χ2v) is 5.26. The van der Waals surface area contributed by atoms with Gasteiger partial charge >= 0.3 is 0 Å². The predicted octanol–water partition coefficient (Wildman–Crippen LogP) is 1.50. The predicted molar refractivity (Wildman–Crippen MR) is 75.0 cm³/mol. The summed E-state index contributed by atoms with van der Waals surface area (Å²) in [7, 11) is 0. The van der Waals surface area contributed by atoms with Crippen LogP contribution in [0.5, 0.6) is 0 Å². The Morgan fingerprint density at radius 1 is 1.39 bits per heavy atom. The SMILES string of the molecule is CCCN1CCOC(C(COC(C)C)NCC)C1. The van der Waals surface area contributed by atoms with Crippen LogP contribution in [0.4, 0.5) is 0 Å². The van der Waals surface area contributed by atoms with Gasteiger partial charge in [0.05, 0.1) is 31.5 Å². The molecule has 0 aliphatic carbocycles. The minimum Gasteiger partial charge on any atom is -0.377 e. The summed E-state index contributed by atoms with van der Waals surface area (Å²) in [5.41, 5.74) is 0. The van der Waals surface area contributed by atoms with Gasteiger partial charge in [0.2, 0.25) is 0 Å². The van der Waals surface area contributed by atoms with Gasteiger partial charge in [-0.05, 0) is 33.4 Å². The van der Waals surface area contributed by atoms with E-state index in [1.165, 1.54) is 13.0 Å². The van der Waals surface area contributed by atoms with E-state index in [9.17, 15) is 0 Å². The number of hydrogen-bond donors (Lipinski definition) is 1. The summed E-state index contributed by atoms with van der Waals surface area (Å²) in [6.45, 7) is 14.3. The molecule has 1 rings (SSSR count). The molecule has 0 amide bonds. The van der Waals surface area contributed by atoms with Gasteiger partial charge < -0.3 is 14.8 Å². The molecule has 0 saturated carbocycles. The van der Waals surface area contributed by atoms with Gasteiger partial charge in [0, 0.05) is 13.1 Å². The zero-order chi connectivity index (χ0) is 13.4. The van der Waals surface area contributed by atoms with E-state index in [4.69, 9.17) is 9.47 Å². The van der Waals surface area contributed by atoms with Gasteiger partial charge in [-0.3, -0.25) is 4.90 Å². The smallest absolute Gasteiger partial charge is 0.0877 e. The lowest BCUT2D eigenvalue weighted by Crippen LogP contribution is -2.54. The first-order valence-electron chi connectivity index (χ1n) is 7.36. The van der Waals surface area contributed by atoms with Crippen molar-refractivity contribution >= 4 is 0 Å². The third-order valence-electron chi connectivity index (χ3n) is 3.24. The zero-order valence-electron chi connectivity index (χ0n) is 12.4. The molecule has 1 saturated heterocycles. The summed E-state index contributed by atoms with van der Waals surface area (Å²) in [5.74, 6) is 0. The van der Waals surface area contributed by atoms with Crippen LogP contribution in [0.2, 0.25) is 0 Å². The number of likely N-dealkylation sites (N-methyl/N-ethyl adjacent to an activating group) is 1. The van der Waals surface area contributed by atoms with Crippen LogP contribution in [-0.2, 0) is 9.47 Å². The van der Waals surface area contributed by atoms with Crippen LogP contribution in [0.25, 0.3) is 0 Å². The van der Waals surface area contributed by atoms with Crippen LogP contribution >= 0.6 is 0 Å². The molecule has 4 nitrogen and oxygen atoms in total. The lowest BCUT2D eigenvalue weighted by molar-refractivity contribution is -0.0663. The van der Waals surface area contributed by atoms with E-state index >= 15 is 0 Å². The van der Waals surface area contributed by atoms with Gasteiger partial charge in [-0.1, -0.05) is 13.8 Å². The number of rotatable bonds is 8. The van der Waals surface area contributed by atoms with Gasteiger partial charge in [0.15, 0.2) is 0 Å². The third-order valence-corrected chi connectivity index (χ3v) is 3.24. The standard InChI is InChI=1S/C14H30N2O2/c1-5-7-16-8-9-17-14(10-16)13(15-6-2)11-18-12(3)4/h12-15H,5-11H2,1-4H3. The van der Waals surface area contributed by atoms with Crippen molar-refractivity contribution in [3.63, 3.8) is 0 Å². The highest BCUT2D eigenvalue weighted by atomic mass is 16.5. The molecular weight excluding hydrogens is 228 g/mol. The molecule has 0 spiro atoms. The van der Waals surface area contributed by atoms with Crippen LogP contribution in [0.15, 0.2) is 0 Å². The molecule has 4 heteroatoms. The molecule has 2 unspecified atom stereocenters. The minimum absolute atomic E-state index is 0.254. The van der Waals surface area contributed by atoms with Gasteiger partial charge in [-0.2, -0.15) is 0 Å². The van der Waals surface area contributed by atoms with Crippen LogP contribution in [0.1, 0.15) is 34.1 Å². The molecular formula is C14H30N2O2.